The van der Waals surface area contributed by atoms with E-state index in [1.54, 1.807) is 6.92 Å². The Morgan fingerprint density at radius 2 is 2.08 bits per heavy atom. The molecule has 0 rings (SSSR count). The van der Waals surface area contributed by atoms with Gasteiger partial charge in [-0.15, -0.1) is 0 Å². The number of rotatable bonds is 7. The van der Waals surface area contributed by atoms with Crippen LogP contribution in [0.4, 0.5) is 0 Å². The Morgan fingerprint density at radius 3 is 2.54 bits per heavy atom. The van der Waals surface area contributed by atoms with Crippen molar-refractivity contribution >= 4 is 25.8 Å². The van der Waals surface area contributed by atoms with Gasteiger partial charge in [-0.1, -0.05) is 22.9 Å². The van der Waals surface area contributed by atoms with Crippen LogP contribution in [0.3, 0.4) is 0 Å². The van der Waals surface area contributed by atoms with Crippen molar-refractivity contribution in [3.8, 4) is 0 Å². The maximum atomic E-state index is 11.1. The van der Waals surface area contributed by atoms with Crippen molar-refractivity contribution in [2.75, 3.05) is 23.4 Å². The van der Waals surface area contributed by atoms with Crippen molar-refractivity contribution in [3.05, 3.63) is 0 Å². The molecule has 1 unspecified atom stereocenters. The summed E-state index contributed by atoms with van der Waals surface area (Å²) in [7, 11) is -2.80. The smallest absolute Gasteiger partial charge is 0.151 e. The molecule has 0 radical (unpaired) electrons. The first-order chi connectivity index (χ1) is 6.02. The van der Waals surface area contributed by atoms with Crippen molar-refractivity contribution in [2.45, 2.75) is 26.3 Å². The van der Waals surface area contributed by atoms with Crippen LogP contribution >= 0.6 is 15.9 Å². The van der Waals surface area contributed by atoms with Gasteiger partial charge in [0.05, 0.1) is 5.75 Å². The van der Waals surface area contributed by atoms with E-state index in [9.17, 15) is 8.42 Å². The summed E-state index contributed by atoms with van der Waals surface area (Å²) in [5, 5.41) is 4.11. The normalized spacial score (nSPS) is 14.4. The van der Waals surface area contributed by atoms with Crippen molar-refractivity contribution in [3.63, 3.8) is 0 Å². The van der Waals surface area contributed by atoms with Gasteiger partial charge in [0.15, 0.2) is 9.84 Å². The highest BCUT2D eigenvalue weighted by atomic mass is 79.9. The van der Waals surface area contributed by atoms with Gasteiger partial charge in [-0.2, -0.15) is 0 Å². The standard InChI is InChI=1S/C8H18BrNO2S/c1-3-13(11,12)7-6-10-8(2)4-5-9/h8,10H,3-7H2,1-2H3. The van der Waals surface area contributed by atoms with E-state index in [0.29, 0.717) is 12.6 Å². The molecule has 1 N–H and O–H groups in total. The van der Waals surface area contributed by atoms with E-state index >= 15 is 0 Å². The first-order valence-electron chi connectivity index (χ1n) is 4.51. The molecule has 0 fully saturated rings. The summed E-state index contributed by atoms with van der Waals surface area (Å²) in [6.07, 6.45) is 1.02. The molecule has 0 aliphatic carbocycles. The fourth-order valence-corrected chi connectivity index (χ4v) is 2.28. The van der Waals surface area contributed by atoms with Crippen LogP contribution in [0.5, 0.6) is 0 Å². The molecule has 0 saturated heterocycles. The Kier molecular flexibility index (Phi) is 6.99. The molecule has 0 heterocycles. The molecular formula is C8H18BrNO2S. The van der Waals surface area contributed by atoms with Crippen molar-refractivity contribution in [2.24, 2.45) is 0 Å². The molecular weight excluding hydrogens is 254 g/mol. The van der Waals surface area contributed by atoms with Crippen LogP contribution in [0.15, 0.2) is 0 Å². The van der Waals surface area contributed by atoms with Gasteiger partial charge >= 0.3 is 0 Å². The molecule has 0 amide bonds. The Labute approximate surface area is 89.3 Å². The molecule has 0 spiro atoms. The minimum atomic E-state index is -2.80. The van der Waals surface area contributed by atoms with E-state index in [0.717, 1.165) is 11.8 Å². The Hall–Kier alpha value is 0.390. The molecule has 0 saturated carbocycles. The topological polar surface area (TPSA) is 46.2 Å². The summed E-state index contributed by atoms with van der Waals surface area (Å²) < 4.78 is 22.2. The highest BCUT2D eigenvalue weighted by Crippen LogP contribution is 1.95. The van der Waals surface area contributed by atoms with Crippen LogP contribution in [0.25, 0.3) is 0 Å². The van der Waals surface area contributed by atoms with E-state index in [1.165, 1.54) is 0 Å². The third kappa shape index (κ3) is 7.46. The fourth-order valence-electron chi connectivity index (χ4n) is 0.871. The molecule has 3 nitrogen and oxygen atoms in total. The summed E-state index contributed by atoms with van der Waals surface area (Å²) in [5.74, 6) is 0.484. The van der Waals surface area contributed by atoms with Gasteiger partial charge in [0.25, 0.3) is 0 Å². The number of hydrogen-bond donors (Lipinski definition) is 1. The van der Waals surface area contributed by atoms with Crippen LogP contribution in [-0.2, 0) is 9.84 Å². The minimum absolute atomic E-state index is 0.238. The lowest BCUT2D eigenvalue weighted by Crippen LogP contribution is -2.31. The predicted molar refractivity (Wildman–Crippen MR) is 60.2 cm³/mol. The lowest BCUT2D eigenvalue weighted by atomic mass is 10.3. The minimum Gasteiger partial charge on any atom is -0.313 e. The van der Waals surface area contributed by atoms with Gasteiger partial charge in [-0.25, -0.2) is 8.42 Å². The quantitative estimate of drug-likeness (QED) is 0.708. The van der Waals surface area contributed by atoms with Gasteiger partial charge in [-0.3, -0.25) is 0 Å². The molecule has 0 aromatic heterocycles. The molecule has 5 heteroatoms. The largest absolute Gasteiger partial charge is 0.313 e. The zero-order valence-corrected chi connectivity index (χ0v) is 10.6. The summed E-state index contributed by atoms with van der Waals surface area (Å²) >= 11 is 3.34. The molecule has 0 aliphatic rings. The van der Waals surface area contributed by atoms with Crippen LogP contribution in [0.2, 0.25) is 0 Å². The van der Waals surface area contributed by atoms with Crippen LogP contribution in [0, 0.1) is 0 Å². The van der Waals surface area contributed by atoms with Gasteiger partial charge in [0.2, 0.25) is 0 Å². The van der Waals surface area contributed by atoms with Crippen molar-refractivity contribution in [1.29, 1.82) is 0 Å². The lowest BCUT2D eigenvalue weighted by Gasteiger charge is -2.11. The molecule has 1 atom stereocenters. The third-order valence-corrected chi connectivity index (χ3v) is 4.05. The summed E-state index contributed by atoms with van der Waals surface area (Å²) in [6, 6.07) is 0.381. The first kappa shape index (κ1) is 13.4. The molecule has 0 aromatic carbocycles. The van der Waals surface area contributed by atoms with E-state index in [4.69, 9.17) is 0 Å². The van der Waals surface area contributed by atoms with Crippen LogP contribution in [0.1, 0.15) is 20.3 Å². The van der Waals surface area contributed by atoms with Gasteiger partial charge in [0, 0.05) is 23.7 Å². The Balaban J connectivity index is 3.56. The third-order valence-electron chi connectivity index (χ3n) is 1.89. The number of halogens is 1. The second-order valence-electron chi connectivity index (χ2n) is 3.07. The number of sulfone groups is 1. The Morgan fingerprint density at radius 1 is 1.46 bits per heavy atom. The van der Waals surface area contributed by atoms with E-state index in [2.05, 4.69) is 28.2 Å². The fraction of sp³-hybridized carbons (Fsp3) is 1.00. The van der Waals surface area contributed by atoms with Gasteiger partial charge in [-0.05, 0) is 13.3 Å². The summed E-state index contributed by atoms with van der Waals surface area (Å²) in [6.45, 7) is 4.29. The predicted octanol–water partition coefficient (Wildman–Crippen LogP) is 1.18. The number of nitrogens with one attached hydrogen (secondary N) is 1. The summed E-state index contributed by atoms with van der Waals surface area (Å²) in [5.41, 5.74) is 0. The van der Waals surface area contributed by atoms with E-state index in [1.807, 2.05) is 0 Å². The van der Waals surface area contributed by atoms with Crippen LogP contribution < -0.4 is 5.32 Å². The Bertz CT molecular complexity index is 216. The number of alkyl halides is 1. The van der Waals surface area contributed by atoms with E-state index in [-0.39, 0.29) is 11.5 Å². The lowest BCUT2D eigenvalue weighted by molar-refractivity contribution is 0.549. The van der Waals surface area contributed by atoms with Gasteiger partial charge in [0.1, 0.15) is 0 Å². The van der Waals surface area contributed by atoms with Crippen molar-refractivity contribution < 1.29 is 8.42 Å². The maximum absolute atomic E-state index is 11.1. The second-order valence-corrected chi connectivity index (χ2v) is 6.33. The molecule has 0 aliphatic heterocycles. The average Bonchev–Trinajstić information content (AvgIpc) is 2.05. The highest BCUT2D eigenvalue weighted by molar-refractivity contribution is 9.09. The van der Waals surface area contributed by atoms with Gasteiger partial charge < -0.3 is 5.32 Å². The number of hydrogen-bond acceptors (Lipinski definition) is 3. The monoisotopic (exact) mass is 271 g/mol. The van der Waals surface area contributed by atoms with E-state index < -0.39 is 9.84 Å². The highest BCUT2D eigenvalue weighted by Gasteiger charge is 2.07. The van der Waals surface area contributed by atoms with Crippen molar-refractivity contribution in [1.82, 2.24) is 5.32 Å². The zero-order chi connectivity index (χ0) is 10.3. The maximum Gasteiger partial charge on any atom is 0.151 e. The average molecular weight is 272 g/mol. The molecule has 80 valence electrons. The molecule has 0 aromatic rings. The zero-order valence-electron chi connectivity index (χ0n) is 8.22. The molecule has 13 heavy (non-hydrogen) atoms. The SMILES string of the molecule is CCS(=O)(=O)CCNC(C)CCBr. The second kappa shape index (κ2) is 6.79. The van der Waals surface area contributed by atoms with Crippen LogP contribution in [-0.4, -0.2) is 37.8 Å². The molecule has 0 bridgehead atoms. The summed E-state index contributed by atoms with van der Waals surface area (Å²) in [4.78, 5) is 0. The first-order valence-corrected chi connectivity index (χ1v) is 7.46.